The van der Waals surface area contributed by atoms with Gasteiger partial charge in [-0.3, -0.25) is 0 Å². The van der Waals surface area contributed by atoms with E-state index in [1.807, 2.05) is 6.92 Å². The molecule has 0 bridgehead atoms. The fraction of sp³-hybridized carbons (Fsp3) is 0.118. The van der Waals surface area contributed by atoms with Crippen LogP contribution in [-0.2, 0) is 0 Å². The summed E-state index contributed by atoms with van der Waals surface area (Å²) in [4.78, 5) is 0. The van der Waals surface area contributed by atoms with Crippen molar-refractivity contribution in [3.63, 3.8) is 0 Å². The standard InChI is InChI=1S/C17H12F2N4S/c1-10-15(11-2-6-13(18)7-3-11)22-23-16(20-21-17(23)24-10)12-4-8-14(19)9-5-12/h2-10H,1H3/t10-/m0/s1. The maximum atomic E-state index is 13.2. The molecule has 0 aliphatic carbocycles. The minimum absolute atomic E-state index is 0.0632. The maximum Gasteiger partial charge on any atom is 0.213 e. The molecule has 24 heavy (non-hydrogen) atoms. The average Bonchev–Trinajstić information content (AvgIpc) is 2.98. The van der Waals surface area contributed by atoms with E-state index in [4.69, 9.17) is 0 Å². The van der Waals surface area contributed by atoms with Gasteiger partial charge in [0, 0.05) is 5.56 Å². The Morgan fingerprint density at radius 2 is 1.46 bits per heavy atom. The predicted octanol–water partition coefficient (Wildman–Crippen LogP) is 3.97. The number of halogens is 2. The third-order valence-electron chi connectivity index (χ3n) is 3.73. The van der Waals surface area contributed by atoms with Crippen LogP contribution in [0.4, 0.5) is 8.78 Å². The minimum Gasteiger partial charge on any atom is -0.207 e. The number of aromatic nitrogens is 3. The molecular weight excluding hydrogens is 330 g/mol. The molecule has 0 saturated carbocycles. The van der Waals surface area contributed by atoms with E-state index in [0.717, 1.165) is 16.8 Å². The zero-order valence-corrected chi connectivity index (χ0v) is 13.5. The first-order valence-corrected chi connectivity index (χ1v) is 8.22. The third-order valence-corrected chi connectivity index (χ3v) is 4.77. The van der Waals surface area contributed by atoms with E-state index < -0.39 is 0 Å². The summed E-state index contributed by atoms with van der Waals surface area (Å²) >= 11 is 1.53. The second-order valence-electron chi connectivity index (χ2n) is 5.38. The Kier molecular flexibility index (Phi) is 3.65. The van der Waals surface area contributed by atoms with Crippen molar-refractivity contribution in [2.45, 2.75) is 17.3 Å². The summed E-state index contributed by atoms with van der Waals surface area (Å²) < 4.78 is 27.9. The molecule has 1 aliphatic heterocycles. The Labute approximate surface area is 141 Å². The first kappa shape index (κ1) is 15.0. The highest BCUT2D eigenvalue weighted by molar-refractivity contribution is 8.00. The molecule has 0 radical (unpaired) electrons. The molecular formula is C17H12F2N4S. The van der Waals surface area contributed by atoms with Gasteiger partial charge in [0.1, 0.15) is 11.6 Å². The Bertz CT molecular complexity index is 917. The van der Waals surface area contributed by atoms with Crippen LogP contribution in [0, 0.1) is 11.6 Å². The first-order chi connectivity index (χ1) is 11.6. The Hall–Kier alpha value is -2.54. The average molecular weight is 342 g/mol. The summed E-state index contributed by atoms with van der Waals surface area (Å²) in [7, 11) is 0. The van der Waals surface area contributed by atoms with Gasteiger partial charge in [-0.25, -0.2) is 8.78 Å². The highest BCUT2D eigenvalue weighted by Gasteiger charge is 2.26. The van der Waals surface area contributed by atoms with E-state index in [9.17, 15) is 8.78 Å². The molecule has 0 fully saturated rings. The van der Waals surface area contributed by atoms with Crippen molar-refractivity contribution in [1.29, 1.82) is 0 Å². The molecule has 2 heterocycles. The molecule has 2 aromatic carbocycles. The molecule has 120 valence electrons. The monoisotopic (exact) mass is 342 g/mol. The Balaban J connectivity index is 1.81. The SMILES string of the molecule is C[C@@H]1Sc2nnc(-c3ccc(F)cc3)n2N=C1c1ccc(F)cc1. The van der Waals surface area contributed by atoms with E-state index >= 15 is 0 Å². The Morgan fingerprint density at radius 1 is 0.875 bits per heavy atom. The summed E-state index contributed by atoms with van der Waals surface area (Å²) in [5.74, 6) is -0.0490. The van der Waals surface area contributed by atoms with Gasteiger partial charge in [-0.1, -0.05) is 23.9 Å². The van der Waals surface area contributed by atoms with E-state index in [0.29, 0.717) is 11.0 Å². The molecule has 0 amide bonds. The normalized spacial score (nSPS) is 16.6. The van der Waals surface area contributed by atoms with Crippen LogP contribution in [0.15, 0.2) is 58.8 Å². The van der Waals surface area contributed by atoms with Crippen molar-refractivity contribution in [3.8, 4) is 11.4 Å². The number of hydrogen-bond acceptors (Lipinski definition) is 4. The molecule has 0 saturated heterocycles. The number of rotatable bonds is 2. The van der Waals surface area contributed by atoms with Crippen LogP contribution < -0.4 is 0 Å². The maximum absolute atomic E-state index is 13.2. The summed E-state index contributed by atoms with van der Waals surface area (Å²) in [5.41, 5.74) is 2.39. The van der Waals surface area contributed by atoms with Crippen molar-refractivity contribution < 1.29 is 8.78 Å². The van der Waals surface area contributed by atoms with Crippen LogP contribution >= 0.6 is 11.8 Å². The zero-order chi connectivity index (χ0) is 16.7. The van der Waals surface area contributed by atoms with Gasteiger partial charge in [-0.15, -0.1) is 10.2 Å². The number of fused-ring (bicyclic) bond motifs is 1. The fourth-order valence-electron chi connectivity index (χ4n) is 2.52. The molecule has 1 aromatic heterocycles. The van der Waals surface area contributed by atoms with Gasteiger partial charge >= 0.3 is 0 Å². The van der Waals surface area contributed by atoms with Crippen LogP contribution in [0.5, 0.6) is 0 Å². The van der Waals surface area contributed by atoms with E-state index in [-0.39, 0.29) is 16.9 Å². The zero-order valence-electron chi connectivity index (χ0n) is 12.6. The second-order valence-corrected chi connectivity index (χ2v) is 6.69. The van der Waals surface area contributed by atoms with Crippen molar-refractivity contribution in [1.82, 2.24) is 14.9 Å². The van der Waals surface area contributed by atoms with Gasteiger partial charge < -0.3 is 0 Å². The second kappa shape index (κ2) is 5.83. The molecule has 1 atom stereocenters. The van der Waals surface area contributed by atoms with Crippen LogP contribution in [-0.4, -0.2) is 25.8 Å². The topological polar surface area (TPSA) is 43.1 Å². The summed E-state index contributed by atoms with van der Waals surface area (Å²) in [6, 6.07) is 12.3. The fourth-order valence-corrected chi connectivity index (χ4v) is 3.45. The molecule has 4 rings (SSSR count). The summed E-state index contributed by atoms with van der Waals surface area (Å²) in [6.07, 6.45) is 0. The largest absolute Gasteiger partial charge is 0.213 e. The van der Waals surface area contributed by atoms with Crippen LogP contribution in [0.25, 0.3) is 11.4 Å². The molecule has 0 N–H and O–H groups in total. The summed E-state index contributed by atoms with van der Waals surface area (Å²) in [5, 5.41) is 13.7. The van der Waals surface area contributed by atoms with Gasteiger partial charge in [0.25, 0.3) is 0 Å². The van der Waals surface area contributed by atoms with Crippen molar-refractivity contribution in [2.24, 2.45) is 5.10 Å². The van der Waals surface area contributed by atoms with E-state index in [2.05, 4.69) is 15.3 Å². The lowest BCUT2D eigenvalue weighted by atomic mass is 10.1. The summed E-state index contributed by atoms with van der Waals surface area (Å²) in [6.45, 7) is 2.02. The van der Waals surface area contributed by atoms with Crippen molar-refractivity contribution in [3.05, 3.63) is 65.7 Å². The smallest absolute Gasteiger partial charge is 0.207 e. The van der Waals surface area contributed by atoms with Gasteiger partial charge in [0.2, 0.25) is 5.16 Å². The lowest BCUT2D eigenvalue weighted by Gasteiger charge is -2.19. The van der Waals surface area contributed by atoms with Gasteiger partial charge in [0.05, 0.1) is 11.0 Å². The van der Waals surface area contributed by atoms with Gasteiger partial charge in [-0.2, -0.15) is 9.78 Å². The molecule has 7 heteroatoms. The quantitative estimate of drug-likeness (QED) is 0.708. The predicted molar refractivity (Wildman–Crippen MR) is 89.1 cm³/mol. The third kappa shape index (κ3) is 2.60. The highest BCUT2D eigenvalue weighted by Crippen LogP contribution is 2.32. The number of nitrogens with zero attached hydrogens (tertiary/aromatic N) is 4. The van der Waals surface area contributed by atoms with Gasteiger partial charge in [-0.05, 0) is 48.9 Å². The van der Waals surface area contributed by atoms with Crippen molar-refractivity contribution >= 4 is 17.5 Å². The molecule has 0 spiro atoms. The van der Waals surface area contributed by atoms with E-state index in [1.54, 1.807) is 28.9 Å². The lowest BCUT2D eigenvalue weighted by molar-refractivity contribution is 0.627. The lowest BCUT2D eigenvalue weighted by Crippen LogP contribution is -2.21. The first-order valence-electron chi connectivity index (χ1n) is 7.34. The van der Waals surface area contributed by atoms with Crippen LogP contribution in [0.3, 0.4) is 0 Å². The highest BCUT2D eigenvalue weighted by atomic mass is 32.2. The molecule has 3 aromatic rings. The van der Waals surface area contributed by atoms with Crippen molar-refractivity contribution in [2.75, 3.05) is 0 Å². The molecule has 1 aliphatic rings. The number of hydrogen-bond donors (Lipinski definition) is 0. The van der Waals surface area contributed by atoms with Gasteiger partial charge in [0.15, 0.2) is 5.82 Å². The Morgan fingerprint density at radius 3 is 2.08 bits per heavy atom. The van der Waals surface area contributed by atoms with Crippen LogP contribution in [0.2, 0.25) is 0 Å². The van der Waals surface area contributed by atoms with Crippen LogP contribution in [0.1, 0.15) is 12.5 Å². The number of benzene rings is 2. The molecule has 4 nitrogen and oxygen atoms in total. The minimum atomic E-state index is -0.310. The molecule has 0 unspecified atom stereocenters. The van der Waals surface area contributed by atoms with E-state index in [1.165, 1.54) is 36.0 Å². The number of thioether (sulfide) groups is 1.